The molecule has 0 unspecified atom stereocenters. The number of aliphatic hydroxyl groups excluding tert-OH is 2. The van der Waals surface area contributed by atoms with Gasteiger partial charge in [-0.15, -0.1) is 0 Å². The van der Waals surface area contributed by atoms with Gasteiger partial charge >= 0.3 is 6.09 Å². The van der Waals surface area contributed by atoms with Crippen molar-refractivity contribution in [3.05, 3.63) is 29.8 Å². The Morgan fingerprint density at radius 2 is 1.79 bits per heavy atom. The van der Waals surface area contributed by atoms with Crippen molar-refractivity contribution in [2.45, 2.75) is 77.9 Å². The van der Waals surface area contributed by atoms with Gasteiger partial charge in [-0.2, -0.15) is 0 Å². The summed E-state index contributed by atoms with van der Waals surface area (Å²) in [7, 11) is 0. The maximum absolute atomic E-state index is 13.0. The number of nitrogens with zero attached hydrogens (tertiary/aromatic N) is 1. The highest BCUT2D eigenvalue weighted by atomic mass is 16.6. The molecule has 2 amide bonds. The number of hydrogen-bond donors (Lipinski definition) is 3. The molecule has 34 heavy (non-hydrogen) atoms. The topological polar surface area (TPSA) is 99.1 Å². The summed E-state index contributed by atoms with van der Waals surface area (Å²) in [6, 6.07) is 7.53. The third kappa shape index (κ3) is 4.69. The van der Waals surface area contributed by atoms with E-state index in [4.69, 9.17) is 4.74 Å². The second kappa shape index (κ2) is 9.86. The third-order valence-electron chi connectivity index (χ3n) is 9.08. The zero-order valence-electron chi connectivity index (χ0n) is 20.8. The Hall–Kier alpha value is -2.12. The van der Waals surface area contributed by atoms with Crippen molar-refractivity contribution in [3.8, 4) is 0 Å². The molecule has 6 atom stereocenters. The number of hydrogen-bond acceptors (Lipinski definition) is 5. The van der Waals surface area contributed by atoms with E-state index in [9.17, 15) is 19.8 Å². The number of aryl methyl sites for hydroxylation is 1. The molecule has 2 aliphatic carbocycles. The highest BCUT2D eigenvalue weighted by Crippen LogP contribution is 2.61. The van der Waals surface area contributed by atoms with Crippen LogP contribution in [0, 0.1) is 29.6 Å². The molecule has 0 radical (unpaired) electrons. The lowest BCUT2D eigenvalue weighted by molar-refractivity contribution is -0.186. The number of likely N-dealkylation sites (tertiary alicyclic amines) is 1. The lowest BCUT2D eigenvalue weighted by Crippen LogP contribution is -2.61. The van der Waals surface area contributed by atoms with Crippen molar-refractivity contribution >= 4 is 17.7 Å². The van der Waals surface area contributed by atoms with E-state index in [-0.39, 0.29) is 29.8 Å². The standard InChI is InChI=1S/C27H40N2O5/c1-18-6-8-19(9-7-18)28-25(33)34-23-12-13-26(2)20(16-24(32)29-14-4-5-15-29)21(31)10-11-22(26)27(23,3)17-30/h6-9,20-23,30-31H,4-5,10-17H2,1-3H3,(H,28,33)/t20-,21-,22-,23+,26-,27+/m1/s1. The molecule has 3 aliphatic rings. The van der Waals surface area contributed by atoms with Gasteiger partial charge in [0.2, 0.25) is 5.91 Å². The maximum atomic E-state index is 13.0. The average Bonchev–Trinajstić information content (AvgIpc) is 3.35. The monoisotopic (exact) mass is 472 g/mol. The van der Waals surface area contributed by atoms with Gasteiger partial charge in [-0.3, -0.25) is 10.1 Å². The Kier molecular flexibility index (Phi) is 7.25. The molecule has 4 rings (SSSR count). The van der Waals surface area contributed by atoms with E-state index >= 15 is 0 Å². The normalized spacial score (nSPS) is 35.5. The highest BCUT2D eigenvalue weighted by Gasteiger charge is 2.60. The number of amides is 2. The van der Waals surface area contributed by atoms with Crippen molar-refractivity contribution in [1.82, 2.24) is 4.90 Å². The van der Waals surface area contributed by atoms with E-state index < -0.39 is 23.7 Å². The number of carbonyl (C=O) groups is 2. The fraction of sp³-hybridized carbons (Fsp3) is 0.704. The van der Waals surface area contributed by atoms with E-state index in [2.05, 4.69) is 12.2 Å². The molecule has 1 aromatic rings. The predicted molar refractivity (Wildman–Crippen MR) is 130 cm³/mol. The number of fused-ring (bicyclic) bond motifs is 1. The van der Waals surface area contributed by atoms with Crippen LogP contribution in [0.25, 0.3) is 0 Å². The lowest BCUT2D eigenvalue weighted by Gasteiger charge is -2.60. The number of rotatable bonds is 5. The SMILES string of the molecule is Cc1ccc(NC(=O)O[C@H]2CC[C@@]3(C)[C@@H](CC[C@@H](O)[C@H]3CC(=O)N3CCCC3)[C@]2(C)CO)cc1. The summed E-state index contributed by atoms with van der Waals surface area (Å²) < 4.78 is 5.90. The van der Waals surface area contributed by atoms with Gasteiger partial charge in [0.05, 0.1) is 12.7 Å². The fourth-order valence-electron chi connectivity index (χ4n) is 6.98. The van der Waals surface area contributed by atoms with Crippen LogP contribution < -0.4 is 5.32 Å². The van der Waals surface area contributed by atoms with Crippen LogP contribution in [-0.4, -0.2) is 59.0 Å². The van der Waals surface area contributed by atoms with Gasteiger partial charge in [-0.25, -0.2) is 4.79 Å². The summed E-state index contributed by atoms with van der Waals surface area (Å²) in [6.07, 6.45) is 3.61. The first-order chi connectivity index (χ1) is 16.2. The molecule has 3 N–H and O–H groups in total. The smallest absolute Gasteiger partial charge is 0.411 e. The lowest BCUT2D eigenvalue weighted by atomic mass is 9.46. The highest BCUT2D eigenvalue weighted by molar-refractivity contribution is 5.84. The molecule has 7 nitrogen and oxygen atoms in total. The molecule has 1 heterocycles. The minimum atomic E-state index is -0.646. The number of ether oxygens (including phenoxy) is 1. The zero-order chi connectivity index (χ0) is 24.5. The van der Waals surface area contributed by atoms with Crippen LogP contribution in [0.4, 0.5) is 10.5 Å². The zero-order valence-corrected chi connectivity index (χ0v) is 20.8. The van der Waals surface area contributed by atoms with E-state index in [0.717, 1.165) is 44.3 Å². The first-order valence-corrected chi connectivity index (χ1v) is 12.8. The van der Waals surface area contributed by atoms with Crippen molar-refractivity contribution in [1.29, 1.82) is 0 Å². The molecule has 1 aliphatic heterocycles. The van der Waals surface area contributed by atoms with Crippen LogP contribution in [-0.2, 0) is 9.53 Å². The average molecular weight is 473 g/mol. The third-order valence-corrected chi connectivity index (χ3v) is 9.08. The summed E-state index contributed by atoms with van der Waals surface area (Å²) in [5.74, 6) is 0.00763. The molecule has 3 fully saturated rings. The first kappa shape index (κ1) is 25.0. The van der Waals surface area contributed by atoms with Crippen LogP contribution >= 0.6 is 0 Å². The molecular formula is C27H40N2O5. The molecule has 0 spiro atoms. The van der Waals surface area contributed by atoms with Gasteiger partial charge in [-0.05, 0) is 74.8 Å². The van der Waals surface area contributed by atoms with E-state index in [1.165, 1.54) is 0 Å². The maximum Gasteiger partial charge on any atom is 0.411 e. The second-order valence-corrected chi connectivity index (χ2v) is 11.2. The van der Waals surface area contributed by atoms with E-state index in [0.29, 0.717) is 24.9 Å². The molecule has 1 aromatic carbocycles. The van der Waals surface area contributed by atoms with Crippen molar-refractivity contribution < 1.29 is 24.5 Å². The number of anilines is 1. The van der Waals surface area contributed by atoms with Gasteiger partial charge in [0.1, 0.15) is 6.10 Å². The quantitative estimate of drug-likeness (QED) is 0.599. The number of benzene rings is 1. The second-order valence-electron chi connectivity index (χ2n) is 11.2. The van der Waals surface area contributed by atoms with E-state index in [1.54, 1.807) is 0 Å². The van der Waals surface area contributed by atoms with Crippen molar-refractivity contribution in [3.63, 3.8) is 0 Å². The summed E-state index contributed by atoms with van der Waals surface area (Å²) >= 11 is 0. The summed E-state index contributed by atoms with van der Waals surface area (Å²) in [6.45, 7) is 7.65. The Balaban J connectivity index is 1.49. The minimum absolute atomic E-state index is 0.0377. The minimum Gasteiger partial charge on any atom is -0.445 e. The van der Waals surface area contributed by atoms with Gasteiger partial charge in [-0.1, -0.05) is 31.5 Å². The van der Waals surface area contributed by atoms with Crippen LogP contribution in [0.1, 0.15) is 64.4 Å². The molecule has 7 heteroatoms. The molecule has 2 saturated carbocycles. The first-order valence-electron chi connectivity index (χ1n) is 12.8. The van der Waals surface area contributed by atoms with E-state index in [1.807, 2.05) is 43.0 Å². The van der Waals surface area contributed by atoms with Crippen LogP contribution in [0.2, 0.25) is 0 Å². The molecule has 188 valence electrons. The fourth-order valence-corrected chi connectivity index (χ4v) is 6.98. The predicted octanol–water partition coefficient (Wildman–Crippen LogP) is 4.11. The Labute approximate surface area is 202 Å². The molecule has 0 aromatic heterocycles. The van der Waals surface area contributed by atoms with Gasteiger partial charge in [0.15, 0.2) is 0 Å². The van der Waals surface area contributed by atoms with Gasteiger partial charge in [0.25, 0.3) is 0 Å². The van der Waals surface area contributed by atoms with Crippen LogP contribution in [0.3, 0.4) is 0 Å². The van der Waals surface area contributed by atoms with Crippen LogP contribution in [0.15, 0.2) is 24.3 Å². The number of aliphatic hydroxyl groups is 2. The van der Waals surface area contributed by atoms with Gasteiger partial charge < -0.3 is 19.8 Å². The van der Waals surface area contributed by atoms with Gasteiger partial charge in [0, 0.05) is 30.6 Å². The Morgan fingerprint density at radius 1 is 1.12 bits per heavy atom. The Bertz CT molecular complexity index is 884. The summed E-state index contributed by atoms with van der Waals surface area (Å²) in [4.78, 5) is 27.6. The summed E-state index contributed by atoms with van der Waals surface area (Å²) in [5.41, 5.74) is 0.823. The number of nitrogens with one attached hydrogen (secondary N) is 1. The van der Waals surface area contributed by atoms with Crippen molar-refractivity contribution in [2.24, 2.45) is 22.7 Å². The Morgan fingerprint density at radius 3 is 2.44 bits per heavy atom. The summed E-state index contributed by atoms with van der Waals surface area (Å²) in [5, 5.41) is 24.3. The number of carbonyl (C=O) groups excluding carboxylic acids is 2. The molecule has 1 saturated heterocycles. The largest absolute Gasteiger partial charge is 0.445 e. The molecular weight excluding hydrogens is 432 g/mol. The van der Waals surface area contributed by atoms with Crippen molar-refractivity contribution in [2.75, 3.05) is 25.0 Å². The van der Waals surface area contributed by atoms with Crippen LogP contribution in [0.5, 0.6) is 0 Å². The molecule has 0 bridgehead atoms.